The van der Waals surface area contributed by atoms with Crippen molar-refractivity contribution in [1.82, 2.24) is 19.4 Å². The highest BCUT2D eigenvalue weighted by Crippen LogP contribution is 2.31. The zero-order valence-corrected chi connectivity index (χ0v) is 20.1. The number of aromatic nitrogens is 3. The van der Waals surface area contributed by atoms with E-state index < -0.39 is 0 Å². The van der Waals surface area contributed by atoms with Crippen LogP contribution in [0.15, 0.2) is 41.5 Å². The number of nitrogens with one attached hydrogen (secondary N) is 1. The maximum absolute atomic E-state index is 13.0. The van der Waals surface area contributed by atoms with E-state index in [1.165, 1.54) is 10.3 Å². The van der Waals surface area contributed by atoms with E-state index in [1.54, 1.807) is 13.4 Å². The average Bonchev–Trinajstić information content (AvgIpc) is 2.87. The molecule has 1 saturated carbocycles. The molecule has 0 unspecified atom stereocenters. The van der Waals surface area contributed by atoms with Crippen molar-refractivity contribution in [3.05, 3.63) is 47.0 Å². The molecule has 0 amide bonds. The largest absolute Gasteiger partial charge is 0.396 e. The molecule has 3 heterocycles. The topological polar surface area (TPSA) is 86.5 Å². The maximum Gasteiger partial charge on any atom is 0.264 e. The molecule has 1 saturated heterocycles. The summed E-state index contributed by atoms with van der Waals surface area (Å²) in [5.74, 6) is 0.729. The summed E-state index contributed by atoms with van der Waals surface area (Å²) < 4.78 is 1.49. The van der Waals surface area contributed by atoms with Crippen LogP contribution in [0.5, 0.6) is 0 Å². The van der Waals surface area contributed by atoms with Gasteiger partial charge in [-0.2, -0.15) is 0 Å². The van der Waals surface area contributed by atoms with Crippen molar-refractivity contribution in [2.45, 2.75) is 31.7 Å². The molecule has 2 fully saturated rings. The molecule has 2 aliphatic rings. The molecule has 1 aromatic carbocycles. The van der Waals surface area contributed by atoms with Crippen LogP contribution < -0.4 is 15.8 Å². The summed E-state index contributed by atoms with van der Waals surface area (Å²) in [5.41, 5.74) is 3.52. The van der Waals surface area contributed by atoms with Gasteiger partial charge in [0.15, 0.2) is 0 Å². The van der Waals surface area contributed by atoms with E-state index in [2.05, 4.69) is 51.4 Å². The van der Waals surface area contributed by atoms with Crippen LogP contribution in [0.3, 0.4) is 0 Å². The molecule has 1 aliphatic carbocycles. The molecular formula is C26H34N6O2. The second-order valence-electron chi connectivity index (χ2n) is 9.73. The second kappa shape index (κ2) is 9.72. The number of nitrogens with zero attached hydrogens (tertiary/aromatic N) is 5. The Morgan fingerprint density at radius 2 is 1.79 bits per heavy atom. The maximum atomic E-state index is 13.0. The minimum absolute atomic E-state index is 0.0919. The number of hydrogen-bond donors (Lipinski definition) is 2. The fourth-order valence-electron chi connectivity index (χ4n) is 5.17. The molecule has 180 valence electrons. The normalized spacial score (nSPS) is 21.7. The quantitative estimate of drug-likeness (QED) is 0.603. The van der Waals surface area contributed by atoms with Gasteiger partial charge in [0.1, 0.15) is 11.2 Å². The van der Waals surface area contributed by atoms with Gasteiger partial charge >= 0.3 is 0 Å². The van der Waals surface area contributed by atoms with E-state index in [0.29, 0.717) is 16.7 Å². The summed E-state index contributed by atoms with van der Waals surface area (Å²) in [4.78, 5) is 27.2. The van der Waals surface area contributed by atoms with E-state index in [0.717, 1.165) is 63.1 Å². The molecule has 2 N–H and O–H groups in total. The number of fused-ring (bicyclic) bond motifs is 1. The van der Waals surface area contributed by atoms with Gasteiger partial charge in [-0.1, -0.05) is 25.0 Å². The van der Waals surface area contributed by atoms with Crippen LogP contribution in [0.1, 0.15) is 25.7 Å². The zero-order chi connectivity index (χ0) is 23.7. The summed E-state index contributed by atoms with van der Waals surface area (Å²) in [5, 5.41) is 13.9. The van der Waals surface area contributed by atoms with Gasteiger partial charge in [0.2, 0.25) is 0 Å². The van der Waals surface area contributed by atoms with Crippen LogP contribution in [-0.2, 0) is 7.05 Å². The molecule has 0 radical (unpaired) electrons. The first-order valence-electron chi connectivity index (χ1n) is 12.3. The fraction of sp³-hybridized carbons (Fsp3) is 0.500. The van der Waals surface area contributed by atoms with Gasteiger partial charge in [0.05, 0.1) is 17.5 Å². The lowest BCUT2D eigenvalue weighted by Gasteiger charge is -2.34. The number of aliphatic hydroxyl groups excluding tert-OH is 1. The van der Waals surface area contributed by atoms with Crippen LogP contribution in [0.25, 0.3) is 22.2 Å². The number of rotatable bonds is 5. The lowest BCUT2D eigenvalue weighted by atomic mass is 9.85. The van der Waals surface area contributed by atoms with Crippen LogP contribution in [-0.4, -0.2) is 70.4 Å². The van der Waals surface area contributed by atoms with Gasteiger partial charge in [-0.15, -0.1) is 0 Å². The standard InChI is InChI=1S/C26H34N6O2/c1-30-11-13-32(14-12-30)20-9-7-18(8-10-20)22-15-23-24(26(34)31(2)17-27-23)25(29-22)28-21-6-4-3-5-19(21)16-33/h7-10,15,17,19,21,33H,3-6,11-14,16H2,1-2H3,(H,28,29)/t19-,21-/m1/s1. The number of aliphatic hydroxyl groups is 1. The Morgan fingerprint density at radius 1 is 1.06 bits per heavy atom. The third-order valence-corrected chi connectivity index (χ3v) is 7.40. The molecule has 0 bridgehead atoms. The molecule has 8 nitrogen and oxygen atoms in total. The third kappa shape index (κ3) is 4.52. The molecule has 3 aromatic rings. The molecule has 8 heteroatoms. The van der Waals surface area contributed by atoms with Crippen molar-refractivity contribution >= 4 is 22.4 Å². The molecular weight excluding hydrogens is 428 g/mol. The number of aryl methyl sites for hydroxylation is 1. The van der Waals surface area contributed by atoms with Crippen molar-refractivity contribution in [1.29, 1.82) is 0 Å². The first-order valence-corrected chi connectivity index (χ1v) is 12.3. The Morgan fingerprint density at radius 3 is 2.53 bits per heavy atom. The van der Waals surface area contributed by atoms with Crippen LogP contribution >= 0.6 is 0 Å². The highest BCUT2D eigenvalue weighted by molar-refractivity contribution is 5.91. The van der Waals surface area contributed by atoms with Crippen molar-refractivity contribution < 1.29 is 5.11 Å². The van der Waals surface area contributed by atoms with Crippen LogP contribution in [0.2, 0.25) is 0 Å². The van der Waals surface area contributed by atoms with E-state index in [9.17, 15) is 9.90 Å². The minimum atomic E-state index is -0.117. The Labute approximate surface area is 200 Å². The van der Waals surface area contributed by atoms with Crippen LogP contribution in [0, 0.1) is 5.92 Å². The van der Waals surface area contributed by atoms with Gasteiger partial charge in [-0.25, -0.2) is 9.97 Å². The molecule has 2 atom stereocenters. The first kappa shape index (κ1) is 22.8. The van der Waals surface area contributed by atoms with Crippen molar-refractivity contribution in [3.63, 3.8) is 0 Å². The number of pyridine rings is 1. The fourth-order valence-corrected chi connectivity index (χ4v) is 5.17. The smallest absolute Gasteiger partial charge is 0.264 e. The van der Waals surface area contributed by atoms with Gasteiger partial charge in [-0.05, 0) is 38.1 Å². The molecule has 1 aliphatic heterocycles. The van der Waals surface area contributed by atoms with Gasteiger partial charge in [0, 0.05) is 63.0 Å². The number of benzene rings is 1. The van der Waals surface area contributed by atoms with Gasteiger partial charge in [0.25, 0.3) is 5.56 Å². The lowest BCUT2D eigenvalue weighted by molar-refractivity contribution is 0.178. The summed E-state index contributed by atoms with van der Waals surface area (Å²) in [7, 11) is 3.87. The SMILES string of the molecule is CN1CCN(c2ccc(-c3cc4ncn(C)c(=O)c4c(N[C@@H]4CCCC[C@@H]4CO)n3)cc2)CC1. The monoisotopic (exact) mass is 462 g/mol. The second-order valence-corrected chi connectivity index (χ2v) is 9.73. The zero-order valence-electron chi connectivity index (χ0n) is 20.1. The van der Waals surface area contributed by atoms with E-state index >= 15 is 0 Å². The van der Waals surface area contributed by atoms with Crippen molar-refractivity contribution in [2.75, 3.05) is 50.1 Å². The number of hydrogen-bond acceptors (Lipinski definition) is 7. The number of likely N-dealkylation sites (N-methyl/N-ethyl adjacent to an activating group) is 1. The van der Waals surface area contributed by atoms with E-state index in [-0.39, 0.29) is 24.1 Å². The molecule has 5 rings (SSSR count). The van der Waals surface area contributed by atoms with Gasteiger partial charge in [-0.3, -0.25) is 4.79 Å². The Balaban J connectivity index is 1.50. The number of anilines is 2. The van der Waals surface area contributed by atoms with Crippen LogP contribution in [0.4, 0.5) is 11.5 Å². The number of piperazine rings is 1. The minimum Gasteiger partial charge on any atom is -0.396 e. The molecule has 34 heavy (non-hydrogen) atoms. The van der Waals surface area contributed by atoms with E-state index in [1.807, 2.05) is 6.07 Å². The predicted molar refractivity (Wildman–Crippen MR) is 136 cm³/mol. The first-order chi connectivity index (χ1) is 16.5. The van der Waals surface area contributed by atoms with E-state index in [4.69, 9.17) is 4.98 Å². The highest BCUT2D eigenvalue weighted by atomic mass is 16.3. The van der Waals surface area contributed by atoms with Crippen molar-refractivity contribution in [3.8, 4) is 11.3 Å². The summed E-state index contributed by atoms with van der Waals surface area (Å²) in [6, 6.07) is 10.5. The third-order valence-electron chi connectivity index (χ3n) is 7.40. The van der Waals surface area contributed by atoms with Crippen molar-refractivity contribution in [2.24, 2.45) is 13.0 Å². The lowest BCUT2D eigenvalue weighted by Crippen LogP contribution is -2.44. The average molecular weight is 463 g/mol. The Bertz CT molecular complexity index is 1200. The Kier molecular flexibility index (Phi) is 6.52. The Hall–Kier alpha value is -2.97. The molecule has 2 aromatic heterocycles. The predicted octanol–water partition coefficient (Wildman–Crippen LogP) is 2.71. The summed E-state index contributed by atoms with van der Waals surface area (Å²) >= 11 is 0. The highest BCUT2D eigenvalue weighted by Gasteiger charge is 2.26. The van der Waals surface area contributed by atoms with Gasteiger partial charge < -0.3 is 24.8 Å². The summed E-state index contributed by atoms with van der Waals surface area (Å²) in [6.07, 6.45) is 5.73. The summed E-state index contributed by atoms with van der Waals surface area (Å²) in [6.45, 7) is 4.33. The molecule has 0 spiro atoms.